The Kier molecular flexibility index (Phi) is 4.76. The number of rotatable bonds is 4. The number of carbonyl (C=O) groups excluding carboxylic acids is 1. The number of hydrogen-bond donors (Lipinski definition) is 1. The number of amides is 1. The molecule has 0 saturated carbocycles. The van der Waals surface area contributed by atoms with Crippen LogP contribution in [-0.4, -0.2) is 30.9 Å². The smallest absolute Gasteiger partial charge is 0.224 e. The van der Waals surface area contributed by atoms with E-state index < -0.39 is 0 Å². The molecule has 0 radical (unpaired) electrons. The fourth-order valence-electron chi connectivity index (χ4n) is 2.43. The van der Waals surface area contributed by atoms with Gasteiger partial charge in [-0.05, 0) is 57.5 Å². The van der Waals surface area contributed by atoms with Crippen LogP contribution in [0.15, 0.2) is 30.3 Å². The van der Waals surface area contributed by atoms with Crippen LogP contribution in [0.1, 0.15) is 25.7 Å². The van der Waals surface area contributed by atoms with E-state index in [9.17, 15) is 4.79 Å². The van der Waals surface area contributed by atoms with Gasteiger partial charge in [-0.15, -0.1) is 0 Å². The fourth-order valence-corrected chi connectivity index (χ4v) is 2.43. The molecule has 0 aromatic heterocycles. The summed E-state index contributed by atoms with van der Waals surface area (Å²) in [6.07, 6.45) is 4.13. The second-order valence-corrected chi connectivity index (χ2v) is 5.20. The third-order valence-electron chi connectivity index (χ3n) is 3.68. The topological polar surface area (TPSA) is 32.3 Å². The van der Waals surface area contributed by atoms with Crippen LogP contribution in [0.25, 0.3) is 0 Å². The predicted octanol–water partition coefficient (Wildman–Crippen LogP) is 2.75. The Bertz CT molecular complexity index is 369. The molecular weight excluding hydrogens is 224 g/mol. The molecule has 1 aliphatic heterocycles. The van der Waals surface area contributed by atoms with Crippen molar-refractivity contribution >= 4 is 11.6 Å². The number of hydrogen-bond acceptors (Lipinski definition) is 2. The second kappa shape index (κ2) is 6.55. The highest BCUT2D eigenvalue weighted by atomic mass is 16.1. The molecule has 0 bridgehead atoms. The van der Waals surface area contributed by atoms with Gasteiger partial charge in [0.2, 0.25) is 5.91 Å². The number of nitrogens with zero attached hydrogens (tertiary/aromatic N) is 1. The molecule has 3 nitrogen and oxygen atoms in total. The molecule has 1 N–H and O–H groups in total. The summed E-state index contributed by atoms with van der Waals surface area (Å²) >= 11 is 0. The molecule has 0 aliphatic carbocycles. The Balaban J connectivity index is 1.69. The van der Waals surface area contributed by atoms with Gasteiger partial charge in [-0.1, -0.05) is 18.2 Å². The van der Waals surface area contributed by atoms with Gasteiger partial charge in [0.05, 0.1) is 0 Å². The molecule has 3 heteroatoms. The van der Waals surface area contributed by atoms with Gasteiger partial charge in [-0.2, -0.15) is 0 Å². The van der Waals surface area contributed by atoms with Gasteiger partial charge in [0.1, 0.15) is 0 Å². The Hall–Kier alpha value is -1.35. The zero-order chi connectivity index (χ0) is 12.8. The van der Waals surface area contributed by atoms with Crippen LogP contribution in [-0.2, 0) is 4.79 Å². The summed E-state index contributed by atoms with van der Waals surface area (Å²) in [6, 6.07) is 9.67. The second-order valence-electron chi connectivity index (χ2n) is 5.20. The van der Waals surface area contributed by atoms with Crippen molar-refractivity contribution in [3.63, 3.8) is 0 Å². The molecule has 1 aromatic carbocycles. The zero-order valence-electron chi connectivity index (χ0n) is 11.1. The average molecular weight is 246 g/mol. The van der Waals surface area contributed by atoms with Crippen LogP contribution in [0.5, 0.6) is 0 Å². The number of likely N-dealkylation sites (tertiary alicyclic amines) is 1. The Morgan fingerprint density at radius 1 is 1.28 bits per heavy atom. The monoisotopic (exact) mass is 246 g/mol. The van der Waals surface area contributed by atoms with Crippen molar-refractivity contribution in [2.24, 2.45) is 5.92 Å². The molecule has 1 heterocycles. The fraction of sp³-hybridized carbons (Fsp3) is 0.533. The van der Waals surface area contributed by atoms with E-state index in [1.807, 2.05) is 30.3 Å². The summed E-state index contributed by atoms with van der Waals surface area (Å²) in [6.45, 7) is 2.34. The number of carbonyl (C=O) groups is 1. The van der Waals surface area contributed by atoms with Gasteiger partial charge in [0.25, 0.3) is 0 Å². The van der Waals surface area contributed by atoms with Gasteiger partial charge in [-0.3, -0.25) is 4.79 Å². The van der Waals surface area contributed by atoms with Crippen molar-refractivity contribution in [1.29, 1.82) is 0 Å². The first-order valence-corrected chi connectivity index (χ1v) is 6.77. The largest absolute Gasteiger partial charge is 0.326 e. The number of nitrogens with one attached hydrogen (secondary N) is 1. The van der Waals surface area contributed by atoms with Crippen LogP contribution in [0.4, 0.5) is 5.69 Å². The van der Waals surface area contributed by atoms with E-state index in [-0.39, 0.29) is 5.91 Å². The van der Waals surface area contributed by atoms with Crippen molar-refractivity contribution in [1.82, 2.24) is 4.90 Å². The van der Waals surface area contributed by atoms with Crippen molar-refractivity contribution < 1.29 is 4.79 Å². The molecule has 1 aliphatic rings. The molecular formula is C15H22N2O. The Morgan fingerprint density at radius 2 is 1.94 bits per heavy atom. The molecule has 18 heavy (non-hydrogen) atoms. The molecule has 1 fully saturated rings. The summed E-state index contributed by atoms with van der Waals surface area (Å²) in [4.78, 5) is 14.2. The van der Waals surface area contributed by atoms with Crippen LogP contribution >= 0.6 is 0 Å². The van der Waals surface area contributed by atoms with Crippen molar-refractivity contribution in [2.75, 3.05) is 25.5 Å². The highest BCUT2D eigenvalue weighted by Gasteiger charge is 2.17. The van der Waals surface area contributed by atoms with Gasteiger partial charge >= 0.3 is 0 Å². The van der Waals surface area contributed by atoms with Gasteiger partial charge in [0.15, 0.2) is 0 Å². The maximum absolute atomic E-state index is 11.8. The number of para-hydroxylation sites is 1. The molecule has 1 amide bonds. The van der Waals surface area contributed by atoms with E-state index in [0.29, 0.717) is 6.42 Å². The van der Waals surface area contributed by atoms with Crippen LogP contribution in [0, 0.1) is 5.92 Å². The van der Waals surface area contributed by atoms with Gasteiger partial charge in [0, 0.05) is 12.1 Å². The summed E-state index contributed by atoms with van der Waals surface area (Å²) < 4.78 is 0. The molecule has 0 unspecified atom stereocenters. The van der Waals surface area contributed by atoms with Crippen LogP contribution in [0.3, 0.4) is 0 Å². The minimum atomic E-state index is 0.139. The lowest BCUT2D eigenvalue weighted by Crippen LogP contribution is -2.30. The summed E-state index contributed by atoms with van der Waals surface area (Å²) in [7, 11) is 2.17. The summed E-state index contributed by atoms with van der Waals surface area (Å²) in [5.74, 6) is 0.864. The highest BCUT2D eigenvalue weighted by molar-refractivity contribution is 5.90. The molecule has 2 rings (SSSR count). The number of anilines is 1. The zero-order valence-corrected chi connectivity index (χ0v) is 11.1. The first-order valence-electron chi connectivity index (χ1n) is 6.77. The maximum atomic E-state index is 11.8. The SMILES string of the molecule is CN1CCC(CCC(=O)Nc2ccccc2)CC1. The molecule has 98 valence electrons. The average Bonchev–Trinajstić information content (AvgIpc) is 2.39. The van der Waals surface area contributed by atoms with E-state index in [0.717, 1.165) is 18.0 Å². The van der Waals surface area contributed by atoms with Crippen LogP contribution < -0.4 is 5.32 Å². The number of benzene rings is 1. The highest BCUT2D eigenvalue weighted by Crippen LogP contribution is 2.21. The van der Waals surface area contributed by atoms with E-state index in [2.05, 4.69) is 17.3 Å². The van der Waals surface area contributed by atoms with Gasteiger partial charge in [-0.25, -0.2) is 0 Å². The standard InChI is InChI=1S/C15H22N2O/c1-17-11-9-13(10-12-17)7-8-15(18)16-14-5-3-2-4-6-14/h2-6,13H,7-12H2,1H3,(H,16,18). The Labute approximate surface area is 109 Å². The third kappa shape index (κ3) is 4.15. The van der Waals surface area contributed by atoms with E-state index in [4.69, 9.17) is 0 Å². The molecule has 0 spiro atoms. The lowest BCUT2D eigenvalue weighted by Gasteiger charge is -2.28. The van der Waals surface area contributed by atoms with Gasteiger partial charge < -0.3 is 10.2 Å². The lowest BCUT2D eigenvalue weighted by atomic mass is 9.92. The van der Waals surface area contributed by atoms with Crippen molar-refractivity contribution in [2.45, 2.75) is 25.7 Å². The minimum absolute atomic E-state index is 0.139. The van der Waals surface area contributed by atoms with E-state index in [1.165, 1.54) is 25.9 Å². The maximum Gasteiger partial charge on any atom is 0.224 e. The quantitative estimate of drug-likeness (QED) is 0.886. The molecule has 1 aromatic rings. The molecule has 1 saturated heterocycles. The normalized spacial score (nSPS) is 17.6. The van der Waals surface area contributed by atoms with E-state index >= 15 is 0 Å². The Morgan fingerprint density at radius 3 is 2.61 bits per heavy atom. The minimum Gasteiger partial charge on any atom is -0.326 e. The summed E-state index contributed by atoms with van der Waals surface area (Å²) in [5.41, 5.74) is 0.894. The summed E-state index contributed by atoms with van der Waals surface area (Å²) in [5, 5.41) is 2.94. The van der Waals surface area contributed by atoms with Crippen LogP contribution in [0.2, 0.25) is 0 Å². The first-order chi connectivity index (χ1) is 8.74. The lowest BCUT2D eigenvalue weighted by molar-refractivity contribution is -0.116. The molecule has 0 atom stereocenters. The third-order valence-corrected chi connectivity index (χ3v) is 3.68. The van der Waals surface area contributed by atoms with E-state index in [1.54, 1.807) is 0 Å². The number of piperidine rings is 1. The predicted molar refractivity (Wildman–Crippen MR) is 74.5 cm³/mol. The van der Waals surface area contributed by atoms with Crippen molar-refractivity contribution in [3.05, 3.63) is 30.3 Å². The first kappa shape index (κ1) is 13.1. The van der Waals surface area contributed by atoms with Crippen molar-refractivity contribution in [3.8, 4) is 0 Å².